The fraction of sp³-hybridized carbons (Fsp3) is 0.471. The summed E-state index contributed by atoms with van der Waals surface area (Å²) in [5.74, 6) is -0.239. The lowest BCUT2D eigenvalue weighted by atomic mass is 10.1. The van der Waals surface area contributed by atoms with Crippen molar-refractivity contribution < 1.29 is 14.4 Å². The van der Waals surface area contributed by atoms with Crippen molar-refractivity contribution in [2.24, 2.45) is 0 Å². The Balaban J connectivity index is 0.00000225. The van der Waals surface area contributed by atoms with E-state index in [0.29, 0.717) is 5.56 Å². The van der Waals surface area contributed by atoms with Crippen LogP contribution in [0.3, 0.4) is 0 Å². The largest absolute Gasteiger partial charge is 0.334 e. The van der Waals surface area contributed by atoms with E-state index in [1.54, 1.807) is 18.2 Å². The lowest BCUT2D eigenvalue weighted by Crippen LogP contribution is -2.40. The first-order valence-electron chi connectivity index (χ1n) is 8.23. The summed E-state index contributed by atoms with van der Waals surface area (Å²) in [7, 11) is 1.89. The van der Waals surface area contributed by atoms with Crippen molar-refractivity contribution in [3.05, 3.63) is 35.4 Å². The fourth-order valence-corrected chi connectivity index (χ4v) is 3.32. The van der Waals surface area contributed by atoms with Crippen LogP contribution in [0, 0.1) is 0 Å². The van der Waals surface area contributed by atoms with Crippen LogP contribution < -0.4 is 10.6 Å². The summed E-state index contributed by atoms with van der Waals surface area (Å²) in [6, 6.07) is 7.01. The van der Waals surface area contributed by atoms with Gasteiger partial charge < -0.3 is 15.5 Å². The summed E-state index contributed by atoms with van der Waals surface area (Å²) < 4.78 is 0. The van der Waals surface area contributed by atoms with Crippen LogP contribution in [0.2, 0.25) is 0 Å². The first-order chi connectivity index (χ1) is 11.6. The average molecular weight is 367 g/mol. The fourth-order valence-electron chi connectivity index (χ4n) is 3.32. The van der Waals surface area contributed by atoms with Crippen LogP contribution >= 0.6 is 12.4 Å². The molecule has 0 spiro atoms. The third kappa shape index (κ3) is 4.11. The van der Waals surface area contributed by atoms with E-state index < -0.39 is 0 Å². The van der Waals surface area contributed by atoms with Gasteiger partial charge in [0.05, 0.1) is 13.1 Å². The van der Waals surface area contributed by atoms with Gasteiger partial charge in [0.2, 0.25) is 5.91 Å². The van der Waals surface area contributed by atoms with Crippen LogP contribution in [-0.4, -0.2) is 60.4 Å². The second kappa shape index (κ2) is 8.31. The number of rotatable bonds is 5. The van der Waals surface area contributed by atoms with E-state index in [2.05, 4.69) is 10.6 Å². The van der Waals surface area contributed by atoms with Gasteiger partial charge in [-0.2, -0.15) is 0 Å². The van der Waals surface area contributed by atoms with Crippen LogP contribution in [0.4, 0.5) is 4.79 Å². The molecule has 136 valence electrons. The minimum Gasteiger partial charge on any atom is -0.334 e. The monoisotopic (exact) mass is 366 g/mol. The van der Waals surface area contributed by atoms with Gasteiger partial charge in [0, 0.05) is 24.7 Å². The number of urea groups is 1. The van der Waals surface area contributed by atoms with E-state index >= 15 is 0 Å². The van der Waals surface area contributed by atoms with Crippen LogP contribution in [-0.2, 0) is 11.3 Å². The van der Waals surface area contributed by atoms with Gasteiger partial charge in [0.25, 0.3) is 5.91 Å². The molecule has 0 aromatic heterocycles. The van der Waals surface area contributed by atoms with Crippen LogP contribution in [0.1, 0.15) is 28.8 Å². The molecule has 1 atom stereocenters. The van der Waals surface area contributed by atoms with Gasteiger partial charge in [-0.3, -0.25) is 14.5 Å². The minimum absolute atomic E-state index is 0. The molecule has 4 amide bonds. The highest BCUT2D eigenvalue weighted by atomic mass is 35.5. The SMILES string of the molecule is CNCC1CCCN1C(=O)c1cccc(CN2C(=O)CNC2=O)c1.Cl. The number of benzene rings is 1. The molecule has 1 unspecified atom stereocenters. The zero-order valence-corrected chi connectivity index (χ0v) is 15.0. The number of carbonyl (C=O) groups is 3. The molecular weight excluding hydrogens is 344 g/mol. The van der Waals surface area contributed by atoms with Crippen molar-refractivity contribution in [2.45, 2.75) is 25.4 Å². The van der Waals surface area contributed by atoms with Crippen molar-refractivity contribution in [1.82, 2.24) is 20.4 Å². The topological polar surface area (TPSA) is 81.8 Å². The Morgan fingerprint density at radius 3 is 2.84 bits per heavy atom. The van der Waals surface area contributed by atoms with Gasteiger partial charge in [0.15, 0.2) is 0 Å². The van der Waals surface area contributed by atoms with Crippen molar-refractivity contribution in [1.29, 1.82) is 0 Å². The van der Waals surface area contributed by atoms with E-state index in [9.17, 15) is 14.4 Å². The molecule has 0 saturated carbocycles. The van der Waals surface area contributed by atoms with Crippen molar-refractivity contribution in [3.63, 3.8) is 0 Å². The summed E-state index contributed by atoms with van der Waals surface area (Å²) >= 11 is 0. The molecule has 0 radical (unpaired) electrons. The van der Waals surface area contributed by atoms with Gasteiger partial charge in [0.1, 0.15) is 0 Å². The number of nitrogens with one attached hydrogen (secondary N) is 2. The van der Waals surface area contributed by atoms with Crippen LogP contribution in [0.5, 0.6) is 0 Å². The lowest BCUT2D eigenvalue weighted by Gasteiger charge is -2.25. The van der Waals surface area contributed by atoms with E-state index in [1.165, 1.54) is 4.90 Å². The molecular formula is C17H23ClN4O3. The van der Waals surface area contributed by atoms with Gasteiger partial charge in [-0.1, -0.05) is 12.1 Å². The standard InChI is InChI=1S/C17H22N4O3.ClH/c1-18-9-14-6-3-7-20(14)16(23)13-5-2-4-12(8-13)11-21-15(22)10-19-17(21)24;/h2,4-5,8,14,18H,3,6-7,9-11H2,1H3,(H,19,24);1H. The van der Waals surface area contributed by atoms with Crippen molar-refractivity contribution >= 4 is 30.3 Å². The van der Waals surface area contributed by atoms with Crippen molar-refractivity contribution in [3.8, 4) is 0 Å². The van der Waals surface area contributed by atoms with Gasteiger partial charge in [-0.25, -0.2) is 4.79 Å². The third-order valence-electron chi connectivity index (χ3n) is 4.53. The number of hydrogen-bond donors (Lipinski definition) is 2. The van der Waals surface area contributed by atoms with Crippen molar-refractivity contribution in [2.75, 3.05) is 26.7 Å². The summed E-state index contributed by atoms with van der Waals surface area (Å²) in [6.07, 6.45) is 2.02. The third-order valence-corrected chi connectivity index (χ3v) is 4.53. The molecule has 0 aliphatic carbocycles. The molecule has 0 bridgehead atoms. The molecule has 2 aliphatic rings. The average Bonchev–Trinajstić information content (AvgIpc) is 3.17. The van der Waals surface area contributed by atoms with E-state index in [4.69, 9.17) is 0 Å². The Labute approximate surface area is 153 Å². The maximum absolute atomic E-state index is 12.8. The number of likely N-dealkylation sites (N-methyl/N-ethyl adjacent to an activating group) is 1. The highest BCUT2D eigenvalue weighted by molar-refractivity contribution is 6.02. The number of halogens is 1. The highest BCUT2D eigenvalue weighted by Gasteiger charge is 2.30. The Morgan fingerprint density at radius 2 is 2.16 bits per heavy atom. The minimum atomic E-state index is -0.384. The highest BCUT2D eigenvalue weighted by Crippen LogP contribution is 2.20. The Bertz CT molecular complexity index is 651. The Hall–Kier alpha value is -2.12. The summed E-state index contributed by atoms with van der Waals surface area (Å²) in [4.78, 5) is 39.2. The first-order valence-corrected chi connectivity index (χ1v) is 8.23. The second-order valence-electron chi connectivity index (χ2n) is 6.19. The Morgan fingerprint density at radius 1 is 1.36 bits per heavy atom. The molecule has 1 aromatic rings. The molecule has 2 saturated heterocycles. The normalized spacial score (nSPS) is 19.8. The summed E-state index contributed by atoms with van der Waals surface area (Å²) in [6.45, 7) is 1.78. The quantitative estimate of drug-likeness (QED) is 0.761. The number of amides is 4. The molecule has 2 N–H and O–H groups in total. The van der Waals surface area contributed by atoms with Gasteiger partial charge in [-0.15, -0.1) is 12.4 Å². The predicted octanol–water partition coefficient (Wildman–Crippen LogP) is 0.984. The number of imide groups is 1. The first kappa shape index (κ1) is 19.2. The van der Waals surface area contributed by atoms with Crippen LogP contribution in [0.25, 0.3) is 0 Å². The zero-order chi connectivity index (χ0) is 17.1. The maximum atomic E-state index is 12.8. The number of carbonyl (C=O) groups excluding carboxylic acids is 3. The molecule has 8 heteroatoms. The molecule has 3 rings (SSSR count). The molecule has 2 heterocycles. The van der Waals surface area contributed by atoms with Crippen LogP contribution in [0.15, 0.2) is 24.3 Å². The summed E-state index contributed by atoms with van der Waals surface area (Å²) in [5, 5.41) is 5.63. The smallest absolute Gasteiger partial charge is 0.324 e. The lowest BCUT2D eigenvalue weighted by molar-refractivity contribution is -0.125. The Kier molecular flexibility index (Phi) is 6.39. The molecule has 7 nitrogen and oxygen atoms in total. The molecule has 1 aromatic carbocycles. The van der Waals surface area contributed by atoms with Gasteiger partial charge >= 0.3 is 6.03 Å². The van der Waals surface area contributed by atoms with E-state index in [1.807, 2.05) is 18.0 Å². The maximum Gasteiger partial charge on any atom is 0.324 e. The number of likely N-dealkylation sites (tertiary alicyclic amines) is 1. The predicted molar refractivity (Wildman–Crippen MR) is 95.6 cm³/mol. The summed E-state index contributed by atoms with van der Waals surface area (Å²) in [5.41, 5.74) is 1.37. The number of hydrogen-bond acceptors (Lipinski definition) is 4. The number of nitrogens with zero attached hydrogens (tertiary/aromatic N) is 2. The molecule has 2 fully saturated rings. The second-order valence-corrected chi connectivity index (χ2v) is 6.19. The van der Waals surface area contributed by atoms with E-state index in [0.717, 1.165) is 31.5 Å². The van der Waals surface area contributed by atoms with Gasteiger partial charge in [-0.05, 0) is 37.6 Å². The molecule has 25 heavy (non-hydrogen) atoms. The zero-order valence-electron chi connectivity index (χ0n) is 14.2. The molecule has 2 aliphatic heterocycles. The van der Waals surface area contributed by atoms with E-state index in [-0.39, 0.29) is 49.4 Å².